The first-order chi connectivity index (χ1) is 9.81. The van der Waals surface area contributed by atoms with Crippen molar-refractivity contribution in [3.63, 3.8) is 0 Å². The Hall–Kier alpha value is -1.60. The number of thioether (sulfide) groups is 1. The molecule has 0 unspecified atom stereocenters. The van der Waals surface area contributed by atoms with E-state index in [1.165, 1.54) is 17.5 Å². The van der Waals surface area contributed by atoms with Crippen molar-refractivity contribution in [1.82, 2.24) is 19.9 Å². The van der Waals surface area contributed by atoms with Crippen molar-refractivity contribution >= 4 is 33.3 Å². The lowest BCUT2D eigenvalue weighted by molar-refractivity contribution is 0.790. The van der Waals surface area contributed by atoms with E-state index in [0.29, 0.717) is 5.92 Å². The quantitative estimate of drug-likeness (QED) is 0.593. The van der Waals surface area contributed by atoms with Crippen molar-refractivity contribution in [3.8, 4) is 0 Å². The van der Waals surface area contributed by atoms with Gasteiger partial charge in [0.1, 0.15) is 5.01 Å². The minimum Gasteiger partial charge on any atom is -0.336 e. The van der Waals surface area contributed by atoms with Gasteiger partial charge < -0.3 is 5.84 Å². The fourth-order valence-electron chi connectivity index (χ4n) is 2.11. The maximum Gasteiger partial charge on any atom is 0.210 e. The fourth-order valence-corrected chi connectivity index (χ4v) is 3.94. The number of hydrogen-bond donors (Lipinski definition) is 1. The largest absolute Gasteiger partial charge is 0.336 e. The minimum absolute atomic E-state index is 0.518. The van der Waals surface area contributed by atoms with Gasteiger partial charge in [-0.1, -0.05) is 23.9 Å². The Morgan fingerprint density at radius 2 is 2.15 bits per heavy atom. The molecule has 0 amide bonds. The number of para-hydroxylation sites is 1. The number of benzene rings is 1. The molecule has 1 aliphatic rings. The van der Waals surface area contributed by atoms with Crippen molar-refractivity contribution in [1.29, 1.82) is 0 Å². The second-order valence-electron chi connectivity index (χ2n) is 4.85. The highest BCUT2D eigenvalue weighted by Crippen LogP contribution is 2.39. The first-order valence-corrected chi connectivity index (χ1v) is 8.29. The number of thiazole rings is 1. The molecule has 0 atom stereocenters. The molecule has 2 N–H and O–H groups in total. The summed E-state index contributed by atoms with van der Waals surface area (Å²) in [4.78, 5) is 4.61. The Morgan fingerprint density at radius 3 is 2.95 bits per heavy atom. The van der Waals surface area contributed by atoms with E-state index in [0.717, 1.165) is 27.3 Å². The Morgan fingerprint density at radius 1 is 1.30 bits per heavy atom. The SMILES string of the molecule is Nn1c(SCc2nc3ccccc3s2)nnc1C1CC1. The average molecular weight is 303 g/mol. The zero-order valence-corrected chi connectivity index (χ0v) is 12.3. The molecule has 0 spiro atoms. The fraction of sp³-hybridized carbons (Fsp3) is 0.308. The number of nitrogens with zero attached hydrogens (tertiary/aromatic N) is 4. The summed E-state index contributed by atoms with van der Waals surface area (Å²) < 4.78 is 2.85. The zero-order valence-electron chi connectivity index (χ0n) is 10.7. The van der Waals surface area contributed by atoms with Gasteiger partial charge in [0.15, 0.2) is 5.82 Å². The van der Waals surface area contributed by atoms with Crippen LogP contribution in [0.1, 0.15) is 29.6 Å². The molecule has 2 heterocycles. The molecule has 0 radical (unpaired) electrons. The predicted molar refractivity (Wildman–Crippen MR) is 81.3 cm³/mol. The summed E-state index contributed by atoms with van der Waals surface area (Å²) in [6.07, 6.45) is 2.36. The molecule has 2 aromatic heterocycles. The second-order valence-corrected chi connectivity index (χ2v) is 6.91. The van der Waals surface area contributed by atoms with Gasteiger partial charge in [0.25, 0.3) is 0 Å². The van der Waals surface area contributed by atoms with E-state index in [2.05, 4.69) is 21.2 Å². The molecule has 7 heteroatoms. The van der Waals surface area contributed by atoms with Crippen LogP contribution in [-0.2, 0) is 5.75 Å². The third-order valence-corrected chi connectivity index (χ3v) is 5.47. The van der Waals surface area contributed by atoms with E-state index in [-0.39, 0.29) is 0 Å². The van der Waals surface area contributed by atoms with Crippen molar-refractivity contribution in [2.75, 3.05) is 5.84 Å². The normalized spacial score (nSPS) is 15.0. The molecule has 5 nitrogen and oxygen atoms in total. The molecule has 102 valence electrons. The van der Waals surface area contributed by atoms with Gasteiger partial charge in [-0.15, -0.1) is 21.5 Å². The van der Waals surface area contributed by atoms with Crippen LogP contribution in [0, 0.1) is 0 Å². The highest BCUT2D eigenvalue weighted by molar-refractivity contribution is 7.98. The summed E-state index contributed by atoms with van der Waals surface area (Å²) in [7, 11) is 0. The number of nitrogens with two attached hydrogens (primary N) is 1. The van der Waals surface area contributed by atoms with Gasteiger partial charge in [-0.2, -0.15) is 0 Å². The standard InChI is InChI=1S/C13H13N5S2/c14-18-12(8-5-6-8)16-17-13(18)19-7-11-15-9-3-1-2-4-10(9)20-11/h1-4,8H,5-7,14H2. The van der Waals surface area contributed by atoms with Gasteiger partial charge in [-0.25, -0.2) is 9.66 Å². The molecule has 1 aromatic carbocycles. The van der Waals surface area contributed by atoms with Gasteiger partial charge in [0.05, 0.1) is 16.0 Å². The van der Waals surface area contributed by atoms with Crippen LogP contribution in [0.15, 0.2) is 29.4 Å². The molecular weight excluding hydrogens is 290 g/mol. The zero-order chi connectivity index (χ0) is 13.5. The van der Waals surface area contributed by atoms with E-state index >= 15 is 0 Å². The number of nitrogen functional groups attached to an aromatic ring is 1. The first-order valence-electron chi connectivity index (χ1n) is 6.49. The first kappa shape index (κ1) is 12.2. The Balaban J connectivity index is 1.52. The molecule has 1 aliphatic carbocycles. The molecule has 20 heavy (non-hydrogen) atoms. The summed E-state index contributed by atoms with van der Waals surface area (Å²) in [6.45, 7) is 0. The maximum absolute atomic E-state index is 6.04. The highest BCUT2D eigenvalue weighted by atomic mass is 32.2. The summed E-state index contributed by atoms with van der Waals surface area (Å²) in [5.41, 5.74) is 1.06. The molecule has 0 bridgehead atoms. The summed E-state index contributed by atoms with van der Waals surface area (Å²) in [5, 5.41) is 10.2. The highest BCUT2D eigenvalue weighted by Gasteiger charge is 2.29. The Kier molecular flexibility index (Phi) is 2.89. The van der Waals surface area contributed by atoms with Crippen LogP contribution in [0.3, 0.4) is 0 Å². The van der Waals surface area contributed by atoms with Crippen LogP contribution >= 0.6 is 23.1 Å². The van der Waals surface area contributed by atoms with Crippen molar-refractivity contribution < 1.29 is 0 Å². The number of fused-ring (bicyclic) bond motifs is 1. The van der Waals surface area contributed by atoms with E-state index < -0.39 is 0 Å². The Labute approximate surface area is 124 Å². The molecular formula is C13H13N5S2. The monoisotopic (exact) mass is 303 g/mol. The van der Waals surface area contributed by atoms with E-state index in [9.17, 15) is 0 Å². The lowest BCUT2D eigenvalue weighted by Crippen LogP contribution is -2.13. The number of rotatable bonds is 4. The topological polar surface area (TPSA) is 69.6 Å². The maximum atomic E-state index is 6.04. The van der Waals surface area contributed by atoms with Crippen LogP contribution < -0.4 is 5.84 Å². The second kappa shape index (κ2) is 4.75. The van der Waals surface area contributed by atoms with Crippen molar-refractivity contribution in [2.24, 2.45) is 0 Å². The third-order valence-electron chi connectivity index (χ3n) is 3.30. The van der Waals surface area contributed by atoms with Crippen LogP contribution in [0.2, 0.25) is 0 Å². The molecule has 0 saturated heterocycles. The van der Waals surface area contributed by atoms with Crippen LogP contribution in [0.25, 0.3) is 10.2 Å². The summed E-state index contributed by atoms with van der Waals surface area (Å²) >= 11 is 3.31. The molecule has 0 aliphatic heterocycles. The summed E-state index contributed by atoms with van der Waals surface area (Å²) in [6, 6.07) is 8.18. The van der Waals surface area contributed by atoms with Crippen LogP contribution in [0.4, 0.5) is 0 Å². The molecule has 1 saturated carbocycles. The lowest BCUT2D eigenvalue weighted by Gasteiger charge is -2.00. The lowest BCUT2D eigenvalue weighted by atomic mass is 10.3. The Bertz CT molecular complexity index is 726. The summed E-state index contributed by atoms with van der Waals surface area (Å²) in [5.74, 6) is 8.25. The third kappa shape index (κ3) is 2.16. The van der Waals surface area contributed by atoms with Gasteiger partial charge in [-0.05, 0) is 25.0 Å². The van der Waals surface area contributed by atoms with Gasteiger partial charge >= 0.3 is 0 Å². The van der Waals surface area contributed by atoms with Crippen molar-refractivity contribution in [2.45, 2.75) is 29.7 Å². The van der Waals surface area contributed by atoms with Crippen LogP contribution in [0.5, 0.6) is 0 Å². The predicted octanol–water partition coefficient (Wildman–Crippen LogP) is 2.77. The minimum atomic E-state index is 0.518. The number of aromatic nitrogens is 4. The van der Waals surface area contributed by atoms with E-state index in [1.807, 2.05) is 18.2 Å². The molecule has 4 rings (SSSR count). The van der Waals surface area contributed by atoms with E-state index in [1.54, 1.807) is 27.8 Å². The van der Waals surface area contributed by atoms with Gasteiger partial charge in [0.2, 0.25) is 5.16 Å². The average Bonchev–Trinajstić information content (AvgIpc) is 3.10. The van der Waals surface area contributed by atoms with Gasteiger partial charge in [0, 0.05) is 5.92 Å². The van der Waals surface area contributed by atoms with Gasteiger partial charge in [-0.3, -0.25) is 0 Å². The smallest absolute Gasteiger partial charge is 0.210 e. The van der Waals surface area contributed by atoms with E-state index in [4.69, 9.17) is 5.84 Å². The number of hydrogen-bond acceptors (Lipinski definition) is 6. The van der Waals surface area contributed by atoms with Crippen LogP contribution in [-0.4, -0.2) is 19.9 Å². The van der Waals surface area contributed by atoms with Crippen molar-refractivity contribution in [3.05, 3.63) is 35.1 Å². The molecule has 3 aromatic rings. The molecule has 1 fully saturated rings.